The van der Waals surface area contributed by atoms with Gasteiger partial charge in [-0.25, -0.2) is 10.4 Å². The quantitative estimate of drug-likeness (QED) is 0.568. The summed E-state index contributed by atoms with van der Waals surface area (Å²) >= 11 is 3.03. The molecule has 0 bridgehead atoms. The van der Waals surface area contributed by atoms with Gasteiger partial charge in [0.05, 0.1) is 17.9 Å². The fourth-order valence-electron chi connectivity index (χ4n) is 2.02. The van der Waals surface area contributed by atoms with Crippen LogP contribution in [-0.4, -0.2) is 21.7 Å². The Kier molecular flexibility index (Phi) is 4.63. The average molecular weight is 346 g/mol. The van der Waals surface area contributed by atoms with Crippen LogP contribution in [0.5, 0.6) is 0 Å². The van der Waals surface area contributed by atoms with Gasteiger partial charge in [0.25, 0.3) is 11.5 Å². The highest BCUT2D eigenvalue weighted by molar-refractivity contribution is 7.18. The number of carbonyl (C=O) groups excluding carboxylic acids is 1. The molecule has 3 aromatic heterocycles. The van der Waals surface area contributed by atoms with E-state index >= 15 is 0 Å². The normalized spacial score (nSPS) is 11.3. The zero-order chi connectivity index (χ0) is 16.2. The van der Waals surface area contributed by atoms with E-state index in [1.54, 1.807) is 6.21 Å². The number of fused-ring (bicyclic) bond motifs is 1. The third kappa shape index (κ3) is 3.54. The summed E-state index contributed by atoms with van der Waals surface area (Å²) in [4.78, 5) is 31.3. The van der Waals surface area contributed by atoms with Crippen molar-refractivity contribution in [3.8, 4) is 0 Å². The molecule has 118 valence electrons. The van der Waals surface area contributed by atoms with Crippen LogP contribution in [0.15, 0.2) is 39.8 Å². The van der Waals surface area contributed by atoms with Gasteiger partial charge in [-0.15, -0.1) is 22.7 Å². The minimum absolute atomic E-state index is 0.110. The SMILES string of the molecule is CCc1cc2c(=O)n(CC(=O)NN=Cc3cccs3)cnc2s1. The first-order valence-corrected chi connectivity index (χ1v) is 8.70. The predicted molar refractivity (Wildman–Crippen MR) is 93.3 cm³/mol. The van der Waals surface area contributed by atoms with Crippen LogP contribution in [0.25, 0.3) is 10.2 Å². The van der Waals surface area contributed by atoms with E-state index < -0.39 is 0 Å². The second kappa shape index (κ2) is 6.84. The highest BCUT2D eigenvalue weighted by Gasteiger charge is 2.10. The first-order valence-electron chi connectivity index (χ1n) is 7.00. The highest BCUT2D eigenvalue weighted by Crippen LogP contribution is 2.20. The zero-order valence-electron chi connectivity index (χ0n) is 12.4. The largest absolute Gasteiger partial charge is 0.289 e. The molecule has 23 heavy (non-hydrogen) atoms. The Balaban J connectivity index is 1.72. The maximum Gasteiger partial charge on any atom is 0.262 e. The van der Waals surface area contributed by atoms with Gasteiger partial charge in [0.2, 0.25) is 0 Å². The fraction of sp³-hybridized carbons (Fsp3) is 0.200. The number of hydrazone groups is 1. The molecule has 0 saturated heterocycles. The van der Waals surface area contributed by atoms with Gasteiger partial charge in [0.1, 0.15) is 11.4 Å². The number of amides is 1. The number of hydrogen-bond acceptors (Lipinski definition) is 6. The number of rotatable bonds is 5. The molecular formula is C15H14N4O2S2. The lowest BCUT2D eigenvalue weighted by Gasteiger charge is -2.03. The molecule has 0 unspecified atom stereocenters. The lowest BCUT2D eigenvalue weighted by Crippen LogP contribution is -2.29. The van der Waals surface area contributed by atoms with Crippen LogP contribution in [-0.2, 0) is 17.8 Å². The maximum absolute atomic E-state index is 12.4. The Bertz CT molecular complexity index is 909. The molecule has 1 N–H and O–H groups in total. The lowest BCUT2D eigenvalue weighted by atomic mass is 10.3. The summed E-state index contributed by atoms with van der Waals surface area (Å²) in [5.41, 5.74) is 2.21. The molecule has 0 aliphatic heterocycles. The topological polar surface area (TPSA) is 76.3 Å². The van der Waals surface area contributed by atoms with E-state index in [2.05, 4.69) is 15.5 Å². The molecule has 3 aromatic rings. The summed E-state index contributed by atoms with van der Waals surface area (Å²) in [5, 5.41) is 6.36. The predicted octanol–water partition coefficient (Wildman–Crippen LogP) is 2.23. The van der Waals surface area contributed by atoms with Crippen molar-refractivity contribution in [3.63, 3.8) is 0 Å². The van der Waals surface area contributed by atoms with E-state index in [0.717, 1.165) is 16.2 Å². The summed E-state index contributed by atoms with van der Waals surface area (Å²) < 4.78 is 1.30. The molecular weight excluding hydrogens is 332 g/mol. The van der Waals surface area contributed by atoms with Crippen molar-refractivity contribution in [2.45, 2.75) is 19.9 Å². The van der Waals surface area contributed by atoms with E-state index in [1.807, 2.05) is 30.5 Å². The molecule has 0 aliphatic carbocycles. The number of carbonyl (C=O) groups is 1. The number of thiophene rings is 2. The molecule has 0 radical (unpaired) electrons. The molecule has 0 aromatic carbocycles. The summed E-state index contributed by atoms with van der Waals surface area (Å²) in [6, 6.07) is 5.64. The molecule has 0 fully saturated rings. The molecule has 6 nitrogen and oxygen atoms in total. The van der Waals surface area contributed by atoms with E-state index in [0.29, 0.717) is 10.2 Å². The number of aromatic nitrogens is 2. The van der Waals surface area contributed by atoms with E-state index in [1.165, 1.54) is 33.6 Å². The van der Waals surface area contributed by atoms with Gasteiger partial charge in [0, 0.05) is 9.75 Å². The Morgan fingerprint density at radius 3 is 3.13 bits per heavy atom. The van der Waals surface area contributed by atoms with Gasteiger partial charge in [-0.3, -0.25) is 14.2 Å². The Morgan fingerprint density at radius 1 is 1.52 bits per heavy atom. The standard InChI is InChI=1S/C15H14N4O2S2/c1-2-10-6-12-14(23-10)16-9-19(15(12)21)8-13(20)18-17-7-11-4-3-5-22-11/h3-7,9H,2,8H2,1H3,(H,18,20). The third-order valence-electron chi connectivity index (χ3n) is 3.16. The van der Waals surface area contributed by atoms with Gasteiger partial charge in [-0.1, -0.05) is 13.0 Å². The molecule has 0 atom stereocenters. The van der Waals surface area contributed by atoms with Crippen LogP contribution in [0, 0.1) is 0 Å². The molecule has 0 saturated carbocycles. The molecule has 0 spiro atoms. The lowest BCUT2D eigenvalue weighted by molar-refractivity contribution is -0.121. The monoisotopic (exact) mass is 346 g/mol. The van der Waals surface area contributed by atoms with Crippen LogP contribution in [0.2, 0.25) is 0 Å². The minimum atomic E-state index is -0.369. The maximum atomic E-state index is 12.4. The molecule has 0 aliphatic rings. The van der Waals surface area contributed by atoms with Crippen molar-refractivity contribution >= 4 is 45.0 Å². The first-order chi connectivity index (χ1) is 11.2. The second-order valence-corrected chi connectivity index (χ2v) is 6.87. The van der Waals surface area contributed by atoms with Gasteiger partial charge in [-0.2, -0.15) is 5.10 Å². The van der Waals surface area contributed by atoms with E-state index in [4.69, 9.17) is 0 Å². The fourth-order valence-corrected chi connectivity index (χ4v) is 3.53. The van der Waals surface area contributed by atoms with Crippen molar-refractivity contribution in [2.24, 2.45) is 5.10 Å². The number of hydrogen-bond donors (Lipinski definition) is 1. The van der Waals surface area contributed by atoms with Crippen molar-refractivity contribution in [2.75, 3.05) is 0 Å². The third-order valence-corrected chi connectivity index (χ3v) is 5.15. The van der Waals surface area contributed by atoms with Crippen LogP contribution >= 0.6 is 22.7 Å². The van der Waals surface area contributed by atoms with Crippen molar-refractivity contribution in [1.29, 1.82) is 0 Å². The van der Waals surface area contributed by atoms with E-state index in [9.17, 15) is 9.59 Å². The van der Waals surface area contributed by atoms with Gasteiger partial charge >= 0.3 is 0 Å². The summed E-state index contributed by atoms with van der Waals surface area (Å²) in [5.74, 6) is -0.369. The molecule has 3 heterocycles. The molecule has 1 amide bonds. The second-order valence-electron chi connectivity index (χ2n) is 4.77. The highest BCUT2D eigenvalue weighted by atomic mass is 32.1. The first kappa shape index (κ1) is 15.6. The summed E-state index contributed by atoms with van der Waals surface area (Å²) in [6.45, 7) is 1.92. The molecule has 8 heteroatoms. The minimum Gasteiger partial charge on any atom is -0.289 e. The van der Waals surface area contributed by atoms with Crippen molar-refractivity contribution in [1.82, 2.24) is 15.0 Å². The van der Waals surface area contributed by atoms with Crippen molar-refractivity contribution in [3.05, 3.63) is 50.0 Å². The summed E-state index contributed by atoms with van der Waals surface area (Å²) in [7, 11) is 0. The van der Waals surface area contributed by atoms with Gasteiger partial charge < -0.3 is 0 Å². The van der Waals surface area contributed by atoms with Crippen LogP contribution in [0.3, 0.4) is 0 Å². The number of aryl methyl sites for hydroxylation is 1. The van der Waals surface area contributed by atoms with Crippen LogP contribution in [0.4, 0.5) is 0 Å². The Labute approximate surface area is 140 Å². The Hall–Kier alpha value is -2.32. The smallest absolute Gasteiger partial charge is 0.262 e. The van der Waals surface area contributed by atoms with E-state index in [-0.39, 0.29) is 18.0 Å². The van der Waals surface area contributed by atoms with Crippen LogP contribution < -0.4 is 11.0 Å². The average Bonchev–Trinajstić information content (AvgIpc) is 3.19. The van der Waals surface area contributed by atoms with Gasteiger partial charge in [0.15, 0.2) is 0 Å². The number of nitrogens with zero attached hydrogens (tertiary/aromatic N) is 3. The Morgan fingerprint density at radius 2 is 2.39 bits per heavy atom. The molecule has 3 rings (SSSR count). The number of nitrogens with one attached hydrogen (secondary N) is 1. The summed E-state index contributed by atoms with van der Waals surface area (Å²) in [6.07, 6.45) is 3.83. The van der Waals surface area contributed by atoms with Crippen molar-refractivity contribution < 1.29 is 4.79 Å². The van der Waals surface area contributed by atoms with Crippen LogP contribution in [0.1, 0.15) is 16.7 Å². The zero-order valence-corrected chi connectivity index (χ0v) is 14.0. The van der Waals surface area contributed by atoms with Gasteiger partial charge in [-0.05, 0) is 23.9 Å².